The highest BCUT2D eigenvalue weighted by atomic mass is 35.5. The second kappa shape index (κ2) is 60.7. The van der Waals surface area contributed by atoms with Gasteiger partial charge in [0.15, 0.2) is 0 Å². The van der Waals surface area contributed by atoms with Crippen LogP contribution in [0, 0.1) is 34.1 Å². The molecule has 0 aliphatic carbocycles. The van der Waals surface area contributed by atoms with Crippen LogP contribution in [-0.4, -0.2) is 125 Å². The van der Waals surface area contributed by atoms with E-state index < -0.39 is 33.7 Å². The number of nitrogens with zero attached hydrogens (tertiary/aromatic N) is 12. The van der Waals surface area contributed by atoms with Gasteiger partial charge in [-0.3, -0.25) is 29.8 Å². The van der Waals surface area contributed by atoms with Crippen LogP contribution in [0.2, 0.25) is 0 Å². The van der Waals surface area contributed by atoms with Crippen LogP contribution in [0.15, 0.2) is 175 Å². The molecule has 0 N–H and O–H groups in total. The summed E-state index contributed by atoms with van der Waals surface area (Å²) in [4.78, 5) is 73.4. The number of hydrogen-bond acceptors (Lipinski definition) is 26. The predicted octanol–water partition coefficient (Wildman–Crippen LogP) is 25.8. The summed E-state index contributed by atoms with van der Waals surface area (Å²) in [6.07, 6.45) is 32.1. The molecular weight excluding hydrogens is 1580 g/mol. The number of nitro groups is 2. The smallest absolute Gasteiger partial charge is 0.330 e. The number of carbonyl (C=O) groups is 4. The Morgan fingerprint density at radius 2 is 0.625 bits per heavy atom. The van der Waals surface area contributed by atoms with E-state index in [1.165, 1.54) is 177 Å². The molecular formula is C90H122Cl2N12O16. The molecule has 120 heavy (non-hydrogen) atoms. The third-order valence-corrected chi connectivity index (χ3v) is 19.2. The maximum Gasteiger partial charge on any atom is 0.330 e. The van der Waals surface area contributed by atoms with E-state index >= 15 is 0 Å². The van der Waals surface area contributed by atoms with Gasteiger partial charge in [0.25, 0.3) is 11.4 Å². The van der Waals surface area contributed by atoms with Crippen molar-refractivity contribution in [2.24, 2.45) is 40.9 Å². The van der Waals surface area contributed by atoms with Gasteiger partial charge < -0.3 is 47.7 Å². The molecule has 0 unspecified atom stereocenters. The normalized spacial score (nSPS) is 11.2. The molecule has 0 bridgehead atoms. The number of azo groups is 4. The zero-order chi connectivity index (χ0) is 86.8. The summed E-state index contributed by atoms with van der Waals surface area (Å²) in [6.45, 7) is 23.5. The van der Waals surface area contributed by atoms with Crippen molar-refractivity contribution in [3.8, 4) is 23.0 Å². The quantitative estimate of drug-likeness (QED) is 0.00500. The van der Waals surface area contributed by atoms with Gasteiger partial charge in [0.2, 0.25) is 0 Å². The maximum absolute atomic E-state index is 11.9. The molecule has 652 valence electrons. The number of esters is 4. The molecule has 0 aliphatic rings. The first-order chi connectivity index (χ1) is 58.4. The molecule has 0 aliphatic heterocycles. The van der Waals surface area contributed by atoms with Gasteiger partial charge in [-0.1, -0.05) is 169 Å². The summed E-state index contributed by atoms with van der Waals surface area (Å²) in [5.74, 6) is -0.916. The molecule has 0 saturated carbocycles. The fraction of sp³-hybridized carbons (Fsp3) is 0.511. The van der Waals surface area contributed by atoms with Crippen LogP contribution in [0.3, 0.4) is 0 Å². The number of anilines is 2. The number of hydrogen-bond donors (Lipinski definition) is 0. The van der Waals surface area contributed by atoms with Crippen LogP contribution >= 0.6 is 23.2 Å². The first kappa shape index (κ1) is 99.8. The monoisotopic (exact) mass is 1700 g/mol. The Labute approximate surface area is 717 Å². The summed E-state index contributed by atoms with van der Waals surface area (Å²) >= 11 is 11.3. The lowest BCUT2D eigenvalue weighted by Gasteiger charge is -2.26. The minimum absolute atomic E-state index is 0.0209. The van der Waals surface area contributed by atoms with Crippen molar-refractivity contribution in [2.45, 2.75) is 208 Å². The van der Waals surface area contributed by atoms with Crippen LogP contribution in [0.4, 0.5) is 68.2 Å². The number of nitro benzene ring substituents is 2. The van der Waals surface area contributed by atoms with Crippen LogP contribution < -0.4 is 28.7 Å². The number of benzene rings is 6. The Balaban J connectivity index is 0.000000427. The van der Waals surface area contributed by atoms with Gasteiger partial charge in [-0.15, -0.1) is 43.7 Å². The molecule has 28 nitrogen and oxygen atoms in total. The fourth-order valence-corrected chi connectivity index (χ4v) is 12.5. The fourth-order valence-electron chi connectivity index (χ4n) is 12.2. The van der Waals surface area contributed by atoms with E-state index in [-0.39, 0.29) is 135 Å². The van der Waals surface area contributed by atoms with Gasteiger partial charge >= 0.3 is 23.9 Å². The molecule has 6 aromatic rings. The minimum atomic E-state index is -0.601. The number of alkyl halides is 2. The second-order valence-electron chi connectivity index (χ2n) is 28.4. The number of rotatable bonds is 62. The molecule has 0 heterocycles. The van der Waals surface area contributed by atoms with Gasteiger partial charge in [-0.05, 0) is 111 Å². The number of non-ortho nitro benzene ring substituents is 2. The molecule has 30 heteroatoms. The second-order valence-corrected chi connectivity index (χ2v) is 29.1. The van der Waals surface area contributed by atoms with Crippen molar-refractivity contribution >= 4 is 115 Å². The Morgan fingerprint density at radius 1 is 0.358 bits per heavy atom. The van der Waals surface area contributed by atoms with Gasteiger partial charge in [0.05, 0.1) is 45.4 Å². The first-order valence-corrected chi connectivity index (χ1v) is 43.2. The summed E-state index contributed by atoms with van der Waals surface area (Å²) in [5, 5.41) is 57.9. The van der Waals surface area contributed by atoms with Crippen LogP contribution in [0.25, 0.3) is 0 Å². The highest BCUT2D eigenvalue weighted by Crippen LogP contribution is 2.44. The average Bonchev–Trinajstić information content (AvgIpc) is 0.920. The van der Waals surface area contributed by atoms with Gasteiger partial charge in [0.1, 0.15) is 98.6 Å². The van der Waals surface area contributed by atoms with Crippen molar-refractivity contribution in [1.29, 1.82) is 0 Å². The Morgan fingerprint density at radius 3 is 0.892 bits per heavy atom. The van der Waals surface area contributed by atoms with Crippen LogP contribution in [-0.2, 0) is 38.1 Å². The number of halogens is 2. The largest absolute Gasteiger partial charge is 0.488 e. The van der Waals surface area contributed by atoms with Crippen molar-refractivity contribution in [1.82, 2.24) is 0 Å². The Hall–Kier alpha value is -10.7. The van der Waals surface area contributed by atoms with Gasteiger partial charge in [0, 0.05) is 110 Å². The highest BCUT2D eigenvalue weighted by Gasteiger charge is 2.20. The molecule has 0 atom stereocenters. The molecule has 0 saturated heterocycles. The lowest BCUT2D eigenvalue weighted by atomic mass is 10.1. The maximum atomic E-state index is 11.9. The summed E-state index contributed by atoms with van der Waals surface area (Å²) < 4.78 is 44.7. The third kappa shape index (κ3) is 40.3. The van der Waals surface area contributed by atoms with Crippen molar-refractivity contribution in [3.63, 3.8) is 0 Å². The molecule has 0 fully saturated rings. The number of unbranched alkanes of at least 4 members (excludes halogenated alkanes) is 20. The zero-order valence-corrected chi connectivity index (χ0v) is 72.4. The van der Waals surface area contributed by atoms with Crippen molar-refractivity contribution in [2.75, 3.05) is 101 Å². The third-order valence-electron chi connectivity index (χ3n) is 18.8. The predicted molar refractivity (Wildman–Crippen MR) is 473 cm³/mol. The SMILES string of the molecule is C=CC(=O)OCCOc1cc(N=Nc2ccc(N(CCCCCCCC)CCCCCCCC)cc2C)c(OCCOC(=O)C=C)cc1N=Nc1ccc([N+](=O)[O-])cc1.CCCCCCCCN(CCCCCCCC)c1ccc(N=Nc2cc(OCCOC(=O)CCCl)c(N=Nc3ccc([N+](=O)[O-])cc3)cc2OCCOC(=O)CCCl)c(C)c1. The van der Waals surface area contributed by atoms with E-state index in [0.717, 1.165) is 86.5 Å². The number of ether oxygens (including phenoxy) is 8. The van der Waals surface area contributed by atoms with E-state index in [9.17, 15) is 39.4 Å². The van der Waals surface area contributed by atoms with E-state index in [4.69, 9.17) is 61.1 Å². The van der Waals surface area contributed by atoms with E-state index in [2.05, 4.69) is 116 Å². The summed E-state index contributed by atoms with van der Waals surface area (Å²) in [6, 6.07) is 29.8. The number of aryl methyl sites for hydroxylation is 2. The van der Waals surface area contributed by atoms with E-state index in [0.29, 0.717) is 22.7 Å². The Bertz CT molecular complexity index is 4170. The Kier molecular flexibility index (Phi) is 50.5. The van der Waals surface area contributed by atoms with Gasteiger partial charge in [-0.25, -0.2) is 9.59 Å². The molecule has 0 amide bonds. The van der Waals surface area contributed by atoms with E-state index in [1.54, 1.807) is 24.3 Å². The summed E-state index contributed by atoms with van der Waals surface area (Å²) in [5.41, 5.74) is 7.08. The van der Waals surface area contributed by atoms with Crippen LogP contribution in [0.5, 0.6) is 23.0 Å². The minimum Gasteiger partial charge on any atom is -0.488 e. The lowest BCUT2D eigenvalue weighted by Crippen LogP contribution is -2.25. The van der Waals surface area contributed by atoms with E-state index in [1.807, 2.05) is 26.0 Å². The molecule has 0 spiro atoms. The standard InChI is InChI=1S/C45H62Cl2N6O8.C45H60N6O8/c1-4-6-8-10-12-14-26-52(27-15-13-11-9-7-5-2)38-20-21-39(35(3)32-38)49-51-41-34-42(58-28-30-60-44(54)22-24-46)40(33-43(41)59-29-31-61-45(55)23-25-47)50-48-36-16-18-37(19-17-36)53(56)57;1-6-10-12-14-16-18-26-50(27-19-17-15-13-11-7-2)38-24-25-39(35(5)32-38)47-49-41-34-42(56-28-30-58-44(52)8-3)40(33-43(41)57-29-31-59-45(53)9-4)48-46-36-20-22-37(23-21-36)51(54)55/h16-21,32-34H,4-15,22-31H2,1-3H3;8-9,20-25,32-34H,3-4,6-7,10-19,26-31H2,1-2,5H3. The first-order valence-electron chi connectivity index (χ1n) is 42.1. The van der Waals surface area contributed by atoms with Crippen molar-refractivity contribution in [3.05, 3.63) is 166 Å². The van der Waals surface area contributed by atoms with Gasteiger partial charge in [-0.2, -0.15) is 20.5 Å². The topological polar surface area (TPSA) is 334 Å². The molecule has 0 aromatic heterocycles. The van der Waals surface area contributed by atoms with Crippen molar-refractivity contribution < 1.29 is 66.9 Å². The molecule has 6 aromatic carbocycles. The number of carbonyl (C=O) groups excluding carboxylic acids is 4. The molecule has 6 rings (SSSR count). The summed E-state index contributed by atoms with van der Waals surface area (Å²) in [7, 11) is 0. The zero-order valence-electron chi connectivity index (χ0n) is 70.9. The highest BCUT2D eigenvalue weighted by molar-refractivity contribution is 6.19. The molecule has 0 radical (unpaired) electrons. The van der Waals surface area contributed by atoms with Crippen LogP contribution in [0.1, 0.15) is 206 Å². The average molecular weight is 1700 g/mol. The lowest BCUT2D eigenvalue weighted by molar-refractivity contribution is -0.385.